The number of amides is 2. The minimum atomic E-state index is -0.507. The van der Waals surface area contributed by atoms with Crippen LogP contribution in [0.5, 0.6) is 0 Å². The summed E-state index contributed by atoms with van der Waals surface area (Å²) < 4.78 is 11.1. The van der Waals surface area contributed by atoms with E-state index < -0.39 is 5.60 Å². The standard InChI is InChI=1S/C26H33N3O4/c1-19-15-27(13-14-29(19)25(31)33-26(2,3)4)23-12-8-11-21-16-28(17-22(21)23)24(30)32-18-20-9-6-5-7-10-20/h5-12,19H,13-18H2,1-4H3. The highest BCUT2D eigenvalue weighted by Gasteiger charge is 2.33. The Morgan fingerprint density at radius 3 is 2.42 bits per heavy atom. The van der Waals surface area contributed by atoms with Crippen LogP contribution in [0.3, 0.4) is 0 Å². The molecular formula is C26H33N3O4. The van der Waals surface area contributed by atoms with Crippen molar-refractivity contribution in [1.82, 2.24) is 9.80 Å². The maximum atomic E-state index is 12.7. The number of carbonyl (C=O) groups is 2. The van der Waals surface area contributed by atoms with E-state index in [9.17, 15) is 9.59 Å². The Balaban J connectivity index is 1.39. The van der Waals surface area contributed by atoms with Gasteiger partial charge in [0.05, 0.1) is 6.54 Å². The molecule has 0 bridgehead atoms. The van der Waals surface area contributed by atoms with Gasteiger partial charge in [-0.25, -0.2) is 9.59 Å². The molecule has 2 aromatic carbocycles. The molecule has 1 atom stereocenters. The first-order valence-electron chi connectivity index (χ1n) is 11.5. The van der Waals surface area contributed by atoms with E-state index >= 15 is 0 Å². The van der Waals surface area contributed by atoms with E-state index in [4.69, 9.17) is 9.47 Å². The molecule has 0 spiro atoms. The summed E-state index contributed by atoms with van der Waals surface area (Å²) in [4.78, 5) is 31.1. The third-order valence-electron chi connectivity index (χ3n) is 6.02. The van der Waals surface area contributed by atoms with Crippen molar-refractivity contribution < 1.29 is 19.1 Å². The quantitative estimate of drug-likeness (QED) is 0.672. The van der Waals surface area contributed by atoms with Crippen molar-refractivity contribution in [1.29, 1.82) is 0 Å². The summed E-state index contributed by atoms with van der Waals surface area (Å²) in [5.74, 6) is 0. The molecule has 4 rings (SSSR count). The van der Waals surface area contributed by atoms with Gasteiger partial charge in [0.15, 0.2) is 0 Å². The molecule has 1 fully saturated rings. The van der Waals surface area contributed by atoms with E-state index in [0.29, 0.717) is 26.2 Å². The second-order valence-corrected chi connectivity index (χ2v) is 9.78. The summed E-state index contributed by atoms with van der Waals surface area (Å²) >= 11 is 0. The van der Waals surface area contributed by atoms with Gasteiger partial charge in [-0.3, -0.25) is 4.90 Å². The molecule has 0 aromatic heterocycles. The summed E-state index contributed by atoms with van der Waals surface area (Å²) in [6.45, 7) is 11.1. The number of rotatable bonds is 3. The number of hydrogen-bond acceptors (Lipinski definition) is 5. The van der Waals surface area contributed by atoms with Gasteiger partial charge in [0.1, 0.15) is 12.2 Å². The zero-order valence-electron chi connectivity index (χ0n) is 19.9. The topological polar surface area (TPSA) is 62.3 Å². The van der Waals surface area contributed by atoms with Crippen LogP contribution < -0.4 is 4.90 Å². The van der Waals surface area contributed by atoms with Crippen LogP contribution in [0, 0.1) is 0 Å². The minimum absolute atomic E-state index is 0.0257. The van der Waals surface area contributed by atoms with Gasteiger partial charge in [-0.05, 0) is 50.5 Å². The SMILES string of the molecule is CC1CN(c2cccc3c2CN(C(=O)OCc2ccccc2)C3)CCN1C(=O)OC(C)(C)C. The number of hydrogen-bond donors (Lipinski definition) is 0. The highest BCUT2D eigenvalue weighted by atomic mass is 16.6. The van der Waals surface area contributed by atoms with Crippen molar-refractivity contribution >= 4 is 17.9 Å². The Morgan fingerprint density at radius 2 is 1.73 bits per heavy atom. The maximum Gasteiger partial charge on any atom is 0.410 e. The molecule has 176 valence electrons. The van der Waals surface area contributed by atoms with E-state index in [-0.39, 0.29) is 24.8 Å². The second-order valence-electron chi connectivity index (χ2n) is 9.78. The predicted molar refractivity (Wildman–Crippen MR) is 127 cm³/mol. The van der Waals surface area contributed by atoms with E-state index in [2.05, 4.69) is 17.0 Å². The average molecular weight is 452 g/mol. The van der Waals surface area contributed by atoms with Crippen LogP contribution >= 0.6 is 0 Å². The number of nitrogens with zero attached hydrogens (tertiary/aromatic N) is 3. The number of fused-ring (bicyclic) bond motifs is 1. The number of piperazine rings is 1. The summed E-state index contributed by atoms with van der Waals surface area (Å²) in [6, 6.07) is 15.9. The normalized spacial score (nSPS) is 18.2. The molecule has 2 aromatic rings. The number of anilines is 1. The van der Waals surface area contributed by atoms with E-state index in [1.54, 1.807) is 9.80 Å². The van der Waals surface area contributed by atoms with Gasteiger partial charge in [-0.1, -0.05) is 42.5 Å². The lowest BCUT2D eigenvalue weighted by Gasteiger charge is -2.41. The fourth-order valence-electron chi connectivity index (χ4n) is 4.41. The molecule has 2 aliphatic heterocycles. The lowest BCUT2D eigenvalue weighted by atomic mass is 10.1. The fraction of sp³-hybridized carbons (Fsp3) is 0.462. The van der Waals surface area contributed by atoms with Crippen LogP contribution in [0.1, 0.15) is 44.4 Å². The lowest BCUT2D eigenvalue weighted by Crippen LogP contribution is -2.55. The second kappa shape index (κ2) is 9.33. The van der Waals surface area contributed by atoms with Crippen LogP contribution in [-0.4, -0.2) is 53.3 Å². The number of ether oxygens (including phenoxy) is 2. The predicted octanol–water partition coefficient (Wildman–Crippen LogP) is 4.78. The molecule has 1 unspecified atom stereocenters. The zero-order chi connectivity index (χ0) is 23.6. The summed E-state index contributed by atoms with van der Waals surface area (Å²) in [7, 11) is 0. The third-order valence-corrected chi connectivity index (χ3v) is 6.02. The maximum absolute atomic E-state index is 12.7. The van der Waals surface area contributed by atoms with Gasteiger partial charge >= 0.3 is 12.2 Å². The average Bonchev–Trinajstić information content (AvgIpc) is 3.21. The monoisotopic (exact) mass is 451 g/mol. The molecule has 7 nitrogen and oxygen atoms in total. The van der Waals surface area contributed by atoms with Gasteiger partial charge in [0.2, 0.25) is 0 Å². The van der Waals surface area contributed by atoms with Crippen LogP contribution in [-0.2, 0) is 29.2 Å². The van der Waals surface area contributed by atoms with Crippen LogP contribution in [0.4, 0.5) is 15.3 Å². The Morgan fingerprint density at radius 1 is 0.970 bits per heavy atom. The van der Waals surface area contributed by atoms with Crippen molar-refractivity contribution in [2.24, 2.45) is 0 Å². The molecular weight excluding hydrogens is 418 g/mol. The molecule has 2 heterocycles. The highest BCUT2D eigenvalue weighted by molar-refractivity contribution is 5.72. The highest BCUT2D eigenvalue weighted by Crippen LogP contribution is 2.33. The molecule has 0 N–H and O–H groups in total. The molecule has 0 aliphatic carbocycles. The van der Waals surface area contributed by atoms with Gasteiger partial charge in [0, 0.05) is 37.9 Å². The van der Waals surface area contributed by atoms with Gasteiger partial charge < -0.3 is 19.3 Å². The van der Waals surface area contributed by atoms with E-state index in [0.717, 1.165) is 28.9 Å². The summed E-state index contributed by atoms with van der Waals surface area (Å²) in [6.07, 6.45) is -0.565. The fourth-order valence-corrected chi connectivity index (χ4v) is 4.41. The molecule has 7 heteroatoms. The molecule has 0 saturated carbocycles. The Labute approximate surface area is 195 Å². The molecule has 2 aliphatic rings. The first-order valence-corrected chi connectivity index (χ1v) is 11.5. The lowest BCUT2D eigenvalue weighted by molar-refractivity contribution is 0.0159. The van der Waals surface area contributed by atoms with Crippen LogP contribution in [0.2, 0.25) is 0 Å². The first-order chi connectivity index (χ1) is 15.7. The largest absolute Gasteiger partial charge is 0.445 e. The van der Waals surface area contributed by atoms with Crippen molar-refractivity contribution in [3.05, 3.63) is 65.2 Å². The van der Waals surface area contributed by atoms with Crippen molar-refractivity contribution in [3.8, 4) is 0 Å². The van der Waals surface area contributed by atoms with Gasteiger partial charge in [-0.15, -0.1) is 0 Å². The van der Waals surface area contributed by atoms with Crippen LogP contribution in [0.15, 0.2) is 48.5 Å². The molecule has 1 saturated heterocycles. The zero-order valence-corrected chi connectivity index (χ0v) is 19.9. The van der Waals surface area contributed by atoms with Gasteiger partial charge in [0.25, 0.3) is 0 Å². The molecule has 33 heavy (non-hydrogen) atoms. The Hall–Kier alpha value is -3.22. The van der Waals surface area contributed by atoms with Crippen LogP contribution in [0.25, 0.3) is 0 Å². The third kappa shape index (κ3) is 5.41. The Bertz CT molecular complexity index is 1000. The summed E-state index contributed by atoms with van der Waals surface area (Å²) in [5.41, 5.74) is 3.90. The Kier molecular flexibility index (Phi) is 6.49. The first kappa shape index (κ1) is 23.0. The van der Waals surface area contributed by atoms with Crippen molar-refractivity contribution in [2.45, 2.75) is 59.0 Å². The van der Waals surface area contributed by atoms with E-state index in [1.807, 2.05) is 64.1 Å². The van der Waals surface area contributed by atoms with Gasteiger partial charge in [-0.2, -0.15) is 0 Å². The number of carbonyl (C=O) groups excluding carboxylic acids is 2. The smallest absolute Gasteiger partial charge is 0.410 e. The molecule has 2 amide bonds. The van der Waals surface area contributed by atoms with Crippen molar-refractivity contribution in [2.75, 3.05) is 24.5 Å². The van der Waals surface area contributed by atoms with Crippen molar-refractivity contribution in [3.63, 3.8) is 0 Å². The molecule has 0 radical (unpaired) electrons. The summed E-state index contributed by atoms with van der Waals surface area (Å²) in [5, 5.41) is 0. The van der Waals surface area contributed by atoms with E-state index in [1.165, 1.54) is 0 Å². The minimum Gasteiger partial charge on any atom is -0.445 e. The number of benzene rings is 2.